The molecule has 1 aromatic heterocycles. The van der Waals surface area contributed by atoms with E-state index in [-0.39, 0.29) is 5.91 Å². The highest BCUT2D eigenvalue weighted by Gasteiger charge is 2.34. The summed E-state index contributed by atoms with van der Waals surface area (Å²) in [7, 11) is 0. The topological polar surface area (TPSA) is 73.4 Å². The van der Waals surface area contributed by atoms with Crippen molar-refractivity contribution in [3.05, 3.63) is 35.5 Å². The second kappa shape index (κ2) is 5.24. The van der Waals surface area contributed by atoms with Crippen molar-refractivity contribution in [2.24, 2.45) is 0 Å². The number of aliphatic carboxylic acids is 1. The lowest BCUT2D eigenvalue weighted by molar-refractivity contribution is -0.143. The van der Waals surface area contributed by atoms with Crippen LogP contribution in [-0.2, 0) is 4.79 Å². The van der Waals surface area contributed by atoms with Crippen molar-refractivity contribution in [3.8, 4) is 0 Å². The molecule has 21 heavy (non-hydrogen) atoms. The smallest absolute Gasteiger partial charge is 0.326 e. The van der Waals surface area contributed by atoms with Crippen molar-refractivity contribution < 1.29 is 14.7 Å². The van der Waals surface area contributed by atoms with Crippen LogP contribution in [0.4, 0.5) is 0 Å². The summed E-state index contributed by atoms with van der Waals surface area (Å²) in [4.78, 5) is 28.9. The van der Waals surface area contributed by atoms with Crippen molar-refractivity contribution in [2.75, 3.05) is 6.54 Å². The number of piperidine rings is 1. The lowest BCUT2D eigenvalue weighted by Gasteiger charge is -2.33. The summed E-state index contributed by atoms with van der Waals surface area (Å²) in [6, 6.07) is 6.90. The molecule has 110 valence electrons. The van der Waals surface area contributed by atoms with Crippen LogP contribution in [0.15, 0.2) is 24.3 Å². The number of hydrogen-bond acceptors (Lipinski definition) is 2. The van der Waals surface area contributed by atoms with Gasteiger partial charge in [-0.05, 0) is 32.3 Å². The van der Waals surface area contributed by atoms with Gasteiger partial charge < -0.3 is 15.0 Å². The standard InChI is InChI=1S/C16H18N2O3/c1-10-14(11-6-2-3-7-12(11)17-10)15(19)18-9-5-4-8-13(18)16(20)21/h2-3,6-7,13,17H,4-5,8-9H2,1H3,(H,20,21). The number of aromatic nitrogens is 1. The van der Waals surface area contributed by atoms with Gasteiger partial charge in [-0.15, -0.1) is 0 Å². The highest BCUT2D eigenvalue weighted by Crippen LogP contribution is 2.26. The summed E-state index contributed by atoms with van der Waals surface area (Å²) in [5.41, 5.74) is 2.29. The predicted molar refractivity (Wildman–Crippen MR) is 79.3 cm³/mol. The molecule has 5 nitrogen and oxygen atoms in total. The third-order valence-corrected chi connectivity index (χ3v) is 4.16. The Hall–Kier alpha value is -2.30. The fraction of sp³-hybridized carbons (Fsp3) is 0.375. The number of carbonyl (C=O) groups is 2. The van der Waals surface area contributed by atoms with Gasteiger partial charge in [0.05, 0.1) is 5.56 Å². The first kappa shape index (κ1) is 13.7. The first-order valence-electron chi connectivity index (χ1n) is 7.20. The number of para-hydroxylation sites is 1. The number of aryl methyl sites for hydroxylation is 1. The number of fused-ring (bicyclic) bond motifs is 1. The quantitative estimate of drug-likeness (QED) is 0.891. The Kier molecular flexibility index (Phi) is 3.41. The lowest BCUT2D eigenvalue weighted by Crippen LogP contribution is -2.48. The maximum absolute atomic E-state index is 12.9. The summed E-state index contributed by atoms with van der Waals surface area (Å²) >= 11 is 0. The molecular formula is C16H18N2O3. The van der Waals surface area contributed by atoms with Gasteiger partial charge in [0.15, 0.2) is 0 Å². The average Bonchev–Trinajstić information content (AvgIpc) is 2.82. The van der Waals surface area contributed by atoms with Crippen molar-refractivity contribution in [2.45, 2.75) is 32.2 Å². The van der Waals surface area contributed by atoms with E-state index >= 15 is 0 Å². The number of benzene rings is 1. The van der Waals surface area contributed by atoms with E-state index in [1.54, 1.807) is 0 Å². The van der Waals surface area contributed by atoms with Gasteiger partial charge in [0.1, 0.15) is 6.04 Å². The van der Waals surface area contributed by atoms with Crippen LogP contribution in [0.3, 0.4) is 0 Å². The molecule has 1 unspecified atom stereocenters. The molecule has 5 heteroatoms. The minimum Gasteiger partial charge on any atom is -0.480 e. The van der Waals surface area contributed by atoms with Gasteiger partial charge in [-0.2, -0.15) is 0 Å². The molecule has 1 amide bonds. The minimum absolute atomic E-state index is 0.183. The summed E-state index contributed by atoms with van der Waals surface area (Å²) < 4.78 is 0. The summed E-state index contributed by atoms with van der Waals surface area (Å²) in [6.45, 7) is 2.36. The fourth-order valence-electron chi connectivity index (χ4n) is 3.13. The number of rotatable bonds is 2. The largest absolute Gasteiger partial charge is 0.480 e. The van der Waals surface area contributed by atoms with Crippen LogP contribution in [0.2, 0.25) is 0 Å². The number of aromatic amines is 1. The maximum atomic E-state index is 12.9. The van der Waals surface area contributed by atoms with Gasteiger partial charge in [-0.3, -0.25) is 4.79 Å². The molecular weight excluding hydrogens is 268 g/mol. The monoisotopic (exact) mass is 286 g/mol. The van der Waals surface area contributed by atoms with Gasteiger partial charge in [0, 0.05) is 23.1 Å². The van der Waals surface area contributed by atoms with Gasteiger partial charge in [-0.25, -0.2) is 4.79 Å². The summed E-state index contributed by atoms with van der Waals surface area (Å²) in [5, 5.41) is 10.2. The molecule has 2 aromatic rings. The number of carbonyl (C=O) groups excluding carboxylic acids is 1. The number of hydrogen-bond donors (Lipinski definition) is 2. The Balaban J connectivity index is 2.03. The second-order valence-corrected chi connectivity index (χ2v) is 5.52. The van der Waals surface area contributed by atoms with E-state index in [0.29, 0.717) is 18.5 Å². The van der Waals surface area contributed by atoms with Crippen molar-refractivity contribution in [3.63, 3.8) is 0 Å². The number of carboxylic acid groups (broad SMARTS) is 1. The zero-order chi connectivity index (χ0) is 15.0. The molecule has 1 atom stereocenters. The molecule has 1 aliphatic rings. The number of likely N-dealkylation sites (tertiary alicyclic amines) is 1. The van der Waals surface area contributed by atoms with Crippen molar-refractivity contribution >= 4 is 22.8 Å². The molecule has 2 heterocycles. The van der Waals surface area contributed by atoms with Crippen LogP contribution < -0.4 is 0 Å². The van der Waals surface area contributed by atoms with Gasteiger partial charge in [0.2, 0.25) is 0 Å². The molecule has 1 fully saturated rings. The molecule has 0 saturated carbocycles. The number of amides is 1. The molecule has 1 aromatic carbocycles. The van der Waals surface area contributed by atoms with E-state index in [0.717, 1.165) is 29.4 Å². The Labute approximate surface area is 122 Å². The van der Waals surface area contributed by atoms with E-state index in [4.69, 9.17) is 0 Å². The normalized spacial score (nSPS) is 18.9. The number of nitrogens with zero attached hydrogens (tertiary/aromatic N) is 1. The van der Waals surface area contributed by atoms with Crippen molar-refractivity contribution in [1.82, 2.24) is 9.88 Å². The lowest BCUT2D eigenvalue weighted by atomic mass is 10.00. The predicted octanol–water partition coefficient (Wildman–Crippen LogP) is 2.56. The van der Waals surface area contributed by atoms with Gasteiger partial charge in [0.25, 0.3) is 5.91 Å². The Morgan fingerprint density at radius 2 is 2.05 bits per heavy atom. The van der Waals surface area contributed by atoms with Crippen LogP contribution in [-0.4, -0.2) is 39.5 Å². The highest BCUT2D eigenvalue weighted by atomic mass is 16.4. The Morgan fingerprint density at radius 1 is 1.29 bits per heavy atom. The zero-order valence-corrected chi connectivity index (χ0v) is 11.9. The molecule has 0 aliphatic carbocycles. The molecule has 2 N–H and O–H groups in total. The minimum atomic E-state index is -0.916. The molecule has 0 bridgehead atoms. The van der Waals surface area contributed by atoms with Crippen LogP contribution in [0, 0.1) is 6.92 Å². The van der Waals surface area contributed by atoms with Crippen molar-refractivity contribution in [1.29, 1.82) is 0 Å². The second-order valence-electron chi connectivity index (χ2n) is 5.52. The average molecular weight is 286 g/mol. The molecule has 1 aliphatic heterocycles. The highest BCUT2D eigenvalue weighted by molar-refractivity contribution is 6.09. The summed E-state index contributed by atoms with van der Waals surface area (Å²) in [6.07, 6.45) is 2.24. The van der Waals surface area contributed by atoms with Gasteiger partial charge in [-0.1, -0.05) is 18.2 Å². The van der Waals surface area contributed by atoms with E-state index in [9.17, 15) is 14.7 Å². The first-order chi connectivity index (χ1) is 10.1. The SMILES string of the molecule is Cc1[nH]c2ccccc2c1C(=O)N1CCCCC1C(=O)O. The molecule has 0 radical (unpaired) electrons. The van der Waals surface area contributed by atoms with E-state index in [1.165, 1.54) is 4.90 Å². The van der Waals surface area contributed by atoms with Crippen LogP contribution in [0.5, 0.6) is 0 Å². The molecule has 1 saturated heterocycles. The van der Waals surface area contributed by atoms with Crippen LogP contribution >= 0.6 is 0 Å². The van der Waals surface area contributed by atoms with Gasteiger partial charge >= 0.3 is 5.97 Å². The van der Waals surface area contributed by atoms with E-state index in [2.05, 4.69) is 4.98 Å². The zero-order valence-electron chi connectivity index (χ0n) is 11.9. The third-order valence-electron chi connectivity index (χ3n) is 4.16. The third kappa shape index (κ3) is 2.28. The summed E-state index contributed by atoms with van der Waals surface area (Å²) in [5.74, 6) is -1.10. The number of carboxylic acids is 1. The van der Waals surface area contributed by atoms with E-state index < -0.39 is 12.0 Å². The van der Waals surface area contributed by atoms with E-state index in [1.807, 2.05) is 31.2 Å². The number of H-pyrrole nitrogens is 1. The fourth-order valence-corrected chi connectivity index (χ4v) is 3.13. The Bertz CT molecular complexity index is 705. The van der Waals surface area contributed by atoms with Crippen LogP contribution in [0.25, 0.3) is 10.9 Å². The Morgan fingerprint density at radius 3 is 2.81 bits per heavy atom. The molecule has 3 rings (SSSR count). The first-order valence-corrected chi connectivity index (χ1v) is 7.20. The molecule has 0 spiro atoms. The number of nitrogens with one attached hydrogen (secondary N) is 1. The van der Waals surface area contributed by atoms with Crippen LogP contribution in [0.1, 0.15) is 35.3 Å². The maximum Gasteiger partial charge on any atom is 0.326 e.